The Morgan fingerprint density at radius 3 is 2.73 bits per heavy atom. The molecule has 2 bridgehead atoms. The van der Waals surface area contributed by atoms with E-state index in [2.05, 4.69) is 26.4 Å². The highest BCUT2D eigenvalue weighted by Crippen LogP contribution is 2.52. The predicted molar refractivity (Wildman–Crippen MR) is 202 cm³/mol. The summed E-state index contributed by atoms with van der Waals surface area (Å²) >= 11 is 14.3. The fraction of sp³-hybridized carbons (Fsp3) is 0.450. The van der Waals surface area contributed by atoms with Gasteiger partial charge in [0.15, 0.2) is 5.82 Å². The van der Waals surface area contributed by atoms with Gasteiger partial charge in [-0.3, -0.25) is 4.79 Å². The van der Waals surface area contributed by atoms with Gasteiger partial charge in [0.05, 0.1) is 60.9 Å². The summed E-state index contributed by atoms with van der Waals surface area (Å²) in [6, 6.07) is 12.6. The van der Waals surface area contributed by atoms with E-state index in [9.17, 15) is 10.1 Å². The molecule has 6 heterocycles. The van der Waals surface area contributed by atoms with Crippen LogP contribution >= 0.6 is 34.7 Å². The van der Waals surface area contributed by atoms with Gasteiger partial charge in [-0.25, -0.2) is 9.37 Å². The molecule has 6 atom stereocenters. The minimum atomic E-state index is -2.14. The summed E-state index contributed by atoms with van der Waals surface area (Å²) < 4.78 is 48.0. The molecule has 6 unspecified atom stereocenters. The lowest BCUT2D eigenvalue weighted by Gasteiger charge is -2.39. The maximum atomic E-state index is 17.3. The lowest BCUT2D eigenvalue weighted by atomic mass is 9.79. The summed E-state index contributed by atoms with van der Waals surface area (Å²) in [5.41, 5.74) is 4.22. The molecule has 3 saturated heterocycles. The van der Waals surface area contributed by atoms with Gasteiger partial charge in [0.1, 0.15) is 5.52 Å². The van der Waals surface area contributed by atoms with Crippen molar-refractivity contribution in [3.8, 4) is 17.2 Å². The van der Waals surface area contributed by atoms with E-state index in [4.69, 9.17) is 35.7 Å². The molecule has 3 aromatic heterocycles. The maximum Gasteiger partial charge on any atom is 0.226 e. The zero-order chi connectivity index (χ0) is 37.8. The normalized spacial score (nSPS) is 26.1. The van der Waals surface area contributed by atoms with Crippen LogP contribution in [0.25, 0.3) is 32.9 Å². The van der Waals surface area contributed by atoms with Crippen LogP contribution in [0.5, 0.6) is 0 Å². The van der Waals surface area contributed by atoms with E-state index in [0.29, 0.717) is 46.0 Å². The van der Waals surface area contributed by atoms with Crippen molar-refractivity contribution in [2.45, 2.75) is 96.1 Å². The summed E-state index contributed by atoms with van der Waals surface area (Å²) in [6.45, 7) is 4.44. The monoisotopic (exact) mass is 758 g/mol. The van der Waals surface area contributed by atoms with Crippen LogP contribution in [0, 0.1) is 42.8 Å². The number of rotatable bonds is 9. The van der Waals surface area contributed by atoms with Crippen LogP contribution in [0.3, 0.4) is 0 Å². The Bertz CT molecular complexity index is 2400. The number of carbonyl (C=O) groups excluding carboxylic acids is 1. The Kier molecular flexibility index (Phi) is 8.01. The molecule has 0 spiro atoms. The molecular formula is C40H39Cl2FN6O2S. The third-order valence-electron chi connectivity index (χ3n) is 11.7. The van der Waals surface area contributed by atoms with Gasteiger partial charge in [-0.1, -0.05) is 35.3 Å². The highest BCUT2D eigenvalue weighted by Gasteiger charge is 2.52. The molecule has 5 fully saturated rings. The summed E-state index contributed by atoms with van der Waals surface area (Å²) in [5, 5.41) is 15.3. The van der Waals surface area contributed by atoms with Gasteiger partial charge in [0.25, 0.3) is 0 Å². The van der Waals surface area contributed by atoms with Gasteiger partial charge in [0, 0.05) is 69.5 Å². The largest absolute Gasteiger partial charge is 0.370 e. The van der Waals surface area contributed by atoms with E-state index in [1.807, 2.05) is 31.7 Å². The van der Waals surface area contributed by atoms with Gasteiger partial charge in [0.2, 0.25) is 5.91 Å². The van der Waals surface area contributed by atoms with Crippen molar-refractivity contribution in [3.05, 3.63) is 79.8 Å². The molecule has 1 amide bonds. The number of aromatic nitrogens is 3. The standard InChI is InChI=1S/C40H39Cl2FN6O2S/c1-19-12-25(47-52-19)18-51-33-16-32(48(21(33)3)40(50)22-9-10-22)31-15-27-20(2)46-37-28(39(27)49(31)38-24-14-30(38)45-17-24)13-23(6-5-11-44)34(36(37)43)26-7-4-8-29(41)35(26)42/h4,7-8,12-13,15,21-22,24,30,32-33,38,45H,5-6,9-10,14,16-18H2,1-3H3/i18D2. The molecular weight excluding hydrogens is 718 g/mol. The maximum absolute atomic E-state index is 17.3. The van der Waals surface area contributed by atoms with Gasteiger partial charge < -0.3 is 19.5 Å². The molecule has 1 N–H and O–H groups in total. The fourth-order valence-electron chi connectivity index (χ4n) is 8.95. The molecule has 12 heteroatoms. The molecule has 2 saturated carbocycles. The number of hydrogen-bond donors (Lipinski definition) is 1. The number of hydrogen-bond acceptors (Lipinski definition) is 7. The Balaban J connectivity index is 1.26. The van der Waals surface area contributed by atoms with Gasteiger partial charge >= 0.3 is 0 Å². The van der Waals surface area contributed by atoms with E-state index in [0.717, 1.165) is 47.3 Å². The topological polar surface area (TPSA) is 96.1 Å². The number of aryl methyl sites for hydroxylation is 3. The number of amides is 1. The van der Waals surface area contributed by atoms with Crippen molar-refractivity contribution in [2.24, 2.45) is 11.8 Å². The molecule has 5 aromatic rings. The smallest absolute Gasteiger partial charge is 0.226 e. The second-order valence-corrected chi connectivity index (χ2v) is 16.7. The number of likely N-dealkylation sites (tertiary alicyclic amines) is 1. The number of ether oxygens (including phenoxy) is 1. The third kappa shape index (κ3) is 5.46. The molecule has 0 radical (unpaired) electrons. The quantitative estimate of drug-likeness (QED) is 0.161. The van der Waals surface area contributed by atoms with E-state index in [1.165, 1.54) is 11.5 Å². The van der Waals surface area contributed by atoms with Crippen molar-refractivity contribution < 1.29 is 16.7 Å². The predicted octanol–water partition coefficient (Wildman–Crippen LogP) is 9.02. The Labute approximate surface area is 318 Å². The SMILES string of the molecule is [2H]C([2H])(OC1CC(c2cc3c(C)nc4c(F)c(-c5cccc(Cl)c5Cl)c(CCC#N)cc4c3n2C2C3CNC2C3)N(C(=O)C2CC2)C1C)c1cc(C)sn1. The van der Waals surface area contributed by atoms with Crippen molar-refractivity contribution in [3.63, 3.8) is 0 Å². The molecule has 8 nitrogen and oxygen atoms in total. The van der Waals surface area contributed by atoms with E-state index in [-0.39, 0.29) is 52.1 Å². The first-order chi connectivity index (χ1) is 25.9. The van der Waals surface area contributed by atoms with Crippen LogP contribution in [0.2, 0.25) is 10.0 Å². The van der Waals surface area contributed by atoms with E-state index >= 15 is 4.39 Å². The summed E-state index contributed by atoms with van der Waals surface area (Å²) in [7, 11) is 0. The highest BCUT2D eigenvalue weighted by molar-refractivity contribution is 7.05. The van der Waals surface area contributed by atoms with Crippen LogP contribution in [-0.4, -0.2) is 49.5 Å². The number of carbonyl (C=O) groups is 1. The van der Waals surface area contributed by atoms with Crippen molar-refractivity contribution in [2.75, 3.05) is 6.54 Å². The van der Waals surface area contributed by atoms with E-state index < -0.39 is 30.6 Å². The molecule has 5 aliphatic rings. The first-order valence-electron chi connectivity index (χ1n) is 19.0. The first kappa shape index (κ1) is 31.9. The molecule has 2 aromatic carbocycles. The van der Waals surface area contributed by atoms with Crippen LogP contribution in [0.4, 0.5) is 4.39 Å². The number of nitrogens with zero attached hydrogens (tertiary/aromatic N) is 5. The lowest BCUT2D eigenvalue weighted by Crippen LogP contribution is -2.43. The van der Waals surface area contributed by atoms with Gasteiger partial charge in [-0.15, -0.1) is 0 Å². The number of halogens is 3. The summed E-state index contributed by atoms with van der Waals surface area (Å²) in [6.07, 6.45) is 2.94. The Hall–Kier alpha value is -3.59. The summed E-state index contributed by atoms with van der Waals surface area (Å²) in [4.78, 5) is 22.0. The lowest BCUT2D eigenvalue weighted by molar-refractivity contribution is -0.136. The molecule has 52 heavy (non-hydrogen) atoms. The van der Waals surface area contributed by atoms with Crippen molar-refractivity contribution in [1.29, 1.82) is 5.26 Å². The number of nitrogens with one attached hydrogen (secondary N) is 1. The first-order valence-corrected chi connectivity index (χ1v) is 19.6. The van der Waals surface area contributed by atoms with Crippen LogP contribution in [-0.2, 0) is 22.5 Å². The van der Waals surface area contributed by atoms with Crippen LogP contribution in [0.15, 0.2) is 36.4 Å². The minimum absolute atomic E-state index is 0.0581. The van der Waals surface area contributed by atoms with Crippen LogP contribution in [0.1, 0.15) is 81.4 Å². The Morgan fingerprint density at radius 1 is 1.21 bits per heavy atom. The number of pyridine rings is 1. The average molecular weight is 760 g/mol. The van der Waals surface area contributed by atoms with Crippen molar-refractivity contribution in [1.82, 2.24) is 24.1 Å². The van der Waals surface area contributed by atoms with E-state index in [1.54, 1.807) is 24.3 Å². The molecule has 10 rings (SSSR count). The number of fused-ring (bicyclic) bond motifs is 4. The van der Waals surface area contributed by atoms with Gasteiger partial charge in [-0.2, -0.15) is 9.64 Å². The fourth-order valence-corrected chi connectivity index (χ4v) is 9.84. The third-order valence-corrected chi connectivity index (χ3v) is 13.2. The number of benzene rings is 2. The average Bonchev–Trinajstić information content (AvgIpc) is 3.52. The second kappa shape index (κ2) is 13.1. The van der Waals surface area contributed by atoms with Crippen molar-refractivity contribution >= 4 is 62.4 Å². The molecule has 268 valence electrons. The minimum Gasteiger partial charge on any atom is -0.370 e. The van der Waals surface area contributed by atoms with Crippen LogP contribution < -0.4 is 5.32 Å². The van der Waals surface area contributed by atoms with Gasteiger partial charge in [-0.05, 0) is 93.7 Å². The second-order valence-electron chi connectivity index (χ2n) is 14.9. The molecule has 2 aliphatic carbocycles. The highest BCUT2D eigenvalue weighted by atomic mass is 35.5. The molecule has 3 aliphatic heterocycles. The zero-order valence-corrected chi connectivity index (χ0v) is 31.4. The summed E-state index contributed by atoms with van der Waals surface area (Å²) in [5.74, 6) is -0.182. The zero-order valence-electron chi connectivity index (χ0n) is 31.1. The Morgan fingerprint density at radius 2 is 2.04 bits per heavy atom. The number of nitriles is 1.